The number of rotatable bonds is 3. The smallest absolute Gasteiger partial charge is 0.313 e. The Kier molecular flexibility index (Phi) is 11.7. The van der Waals surface area contributed by atoms with E-state index in [9.17, 15) is 0 Å². The van der Waals surface area contributed by atoms with E-state index in [1.807, 2.05) is 0 Å². The van der Waals surface area contributed by atoms with Crippen molar-refractivity contribution in [1.29, 1.82) is 0 Å². The van der Waals surface area contributed by atoms with Gasteiger partial charge in [-0.25, -0.2) is 0 Å². The maximum absolute atomic E-state index is 8.98. The monoisotopic (exact) mass is 279 g/mol. The first-order chi connectivity index (χ1) is 8.16. The second-order valence-electron chi connectivity index (χ2n) is 3.68. The van der Waals surface area contributed by atoms with E-state index in [1.54, 1.807) is 0 Å². The minimum Gasteiger partial charge on any atom is -0.443 e. The fourth-order valence-corrected chi connectivity index (χ4v) is 1.35. The number of nitrogens with one attached hydrogen (secondary N) is 1. The van der Waals surface area contributed by atoms with Crippen LogP contribution in [0.25, 0.3) is 0 Å². The molecule has 0 atom stereocenters. The van der Waals surface area contributed by atoms with Crippen LogP contribution >= 0.6 is 23.2 Å². The van der Waals surface area contributed by atoms with Crippen LogP contribution in [-0.4, -0.2) is 23.9 Å². The van der Waals surface area contributed by atoms with E-state index in [4.69, 9.17) is 9.53 Å². The van der Waals surface area contributed by atoms with Gasteiger partial charge in [0.15, 0.2) is 0 Å². The third-order valence-corrected chi connectivity index (χ3v) is 2.24. The van der Waals surface area contributed by atoms with Crippen molar-refractivity contribution in [3.8, 4) is 12.0 Å². The van der Waals surface area contributed by atoms with Crippen LogP contribution < -0.4 is 5.32 Å². The van der Waals surface area contributed by atoms with E-state index < -0.39 is 4.70 Å². The average Bonchev–Trinajstić information content (AvgIpc) is 2.29. The number of carbonyl (C=O) groups excluding carboxylic acids is 1. The van der Waals surface area contributed by atoms with Gasteiger partial charge in [0.25, 0.3) is 0 Å². The van der Waals surface area contributed by atoms with Crippen molar-refractivity contribution in [3.05, 3.63) is 0 Å². The highest BCUT2D eigenvalue weighted by molar-refractivity contribution is 6.93. The number of hydrogen-bond acceptors (Lipinski definition) is 3. The first kappa shape index (κ1) is 16.6. The summed E-state index contributed by atoms with van der Waals surface area (Å²) in [7, 11) is 0. The maximum atomic E-state index is 8.98. The summed E-state index contributed by atoms with van der Waals surface area (Å²) in [6.45, 7) is 4.32. The van der Waals surface area contributed by atoms with Gasteiger partial charge in [-0.2, -0.15) is 0 Å². The number of hydrogen-bond donors (Lipinski definition) is 1. The highest BCUT2D eigenvalue weighted by atomic mass is 35.5. The van der Waals surface area contributed by atoms with Crippen LogP contribution in [0.1, 0.15) is 39.0 Å². The van der Waals surface area contributed by atoms with Crippen molar-refractivity contribution in [2.24, 2.45) is 0 Å². The number of halogens is 2. The normalized spacial score (nSPS) is 15.0. The molecule has 1 heterocycles. The lowest BCUT2D eigenvalue weighted by Crippen LogP contribution is -2.31. The van der Waals surface area contributed by atoms with Crippen molar-refractivity contribution in [2.45, 2.75) is 45.1 Å². The standard InChI is InChI=1S/C11H19NO.CCl2O/c1-2-3-4-5-10-13-11-6-8-12-9-7-11;2-1(3)4/h11-12H,2-4,6-9H2,1H3;. The Balaban J connectivity index is 0.000000557. The first-order valence-corrected chi connectivity index (χ1v) is 6.61. The summed E-state index contributed by atoms with van der Waals surface area (Å²) in [6, 6.07) is 0. The number of piperidine rings is 1. The van der Waals surface area contributed by atoms with Crippen LogP contribution in [0.4, 0.5) is 4.79 Å². The van der Waals surface area contributed by atoms with E-state index in [0.29, 0.717) is 6.10 Å². The minimum atomic E-state index is -0.889. The van der Waals surface area contributed by atoms with Gasteiger partial charge in [0.2, 0.25) is 0 Å². The van der Waals surface area contributed by atoms with Crippen LogP contribution in [0.5, 0.6) is 0 Å². The molecule has 1 aliphatic rings. The van der Waals surface area contributed by atoms with Gasteiger partial charge in [-0.05, 0) is 55.6 Å². The summed E-state index contributed by atoms with van der Waals surface area (Å²) < 4.78 is 4.54. The highest BCUT2D eigenvalue weighted by Gasteiger charge is 2.12. The van der Waals surface area contributed by atoms with Gasteiger partial charge in [-0.3, -0.25) is 4.79 Å². The Bertz CT molecular complexity index is 251. The highest BCUT2D eigenvalue weighted by Crippen LogP contribution is 2.05. The van der Waals surface area contributed by atoms with Crippen molar-refractivity contribution < 1.29 is 9.53 Å². The molecule has 0 bridgehead atoms. The van der Waals surface area contributed by atoms with Crippen LogP contribution in [-0.2, 0) is 4.74 Å². The second kappa shape index (κ2) is 12.0. The van der Waals surface area contributed by atoms with Crippen LogP contribution in [0.3, 0.4) is 0 Å². The molecule has 1 aliphatic heterocycles. The molecule has 0 amide bonds. The largest absolute Gasteiger partial charge is 0.443 e. The molecule has 3 nitrogen and oxygen atoms in total. The van der Waals surface area contributed by atoms with Crippen molar-refractivity contribution >= 4 is 27.9 Å². The number of ether oxygens (including phenoxy) is 1. The van der Waals surface area contributed by atoms with Crippen LogP contribution in [0.15, 0.2) is 0 Å². The van der Waals surface area contributed by atoms with Gasteiger partial charge in [0.1, 0.15) is 12.2 Å². The number of unbranched alkanes of at least 4 members (excludes halogenated alkanes) is 2. The zero-order valence-electron chi connectivity index (χ0n) is 10.1. The summed E-state index contributed by atoms with van der Waals surface area (Å²) >= 11 is 8.80. The molecule has 1 fully saturated rings. The predicted molar refractivity (Wildman–Crippen MR) is 71.4 cm³/mol. The van der Waals surface area contributed by atoms with Gasteiger partial charge >= 0.3 is 4.70 Å². The van der Waals surface area contributed by atoms with Gasteiger partial charge in [0.05, 0.1) is 0 Å². The number of carbonyl (C=O) groups is 1. The molecule has 0 aromatic heterocycles. The molecule has 98 valence electrons. The van der Waals surface area contributed by atoms with Gasteiger partial charge in [-0.1, -0.05) is 19.3 Å². The summed E-state index contributed by atoms with van der Waals surface area (Å²) in [5.74, 6) is 3.04. The molecular formula is C12H19Cl2NO2. The summed E-state index contributed by atoms with van der Waals surface area (Å²) in [5, 5.41) is 3.30. The zero-order chi connectivity index (χ0) is 12.9. The van der Waals surface area contributed by atoms with Gasteiger partial charge < -0.3 is 10.1 Å². The lowest BCUT2D eigenvalue weighted by Gasteiger charge is -2.20. The lowest BCUT2D eigenvalue weighted by atomic mass is 10.1. The summed E-state index contributed by atoms with van der Waals surface area (Å²) in [6.07, 6.45) is 8.75. The third-order valence-electron chi connectivity index (χ3n) is 2.24. The van der Waals surface area contributed by atoms with Crippen LogP contribution in [0, 0.1) is 12.0 Å². The minimum absolute atomic E-state index is 0.371. The van der Waals surface area contributed by atoms with Crippen molar-refractivity contribution in [1.82, 2.24) is 5.32 Å². The Labute approximate surface area is 113 Å². The predicted octanol–water partition coefficient (Wildman–Crippen LogP) is 3.49. The molecule has 0 aromatic carbocycles. The molecule has 0 spiro atoms. The average molecular weight is 280 g/mol. The Morgan fingerprint density at radius 3 is 2.53 bits per heavy atom. The molecule has 17 heavy (non-hydrogen) atoms. The molecule has 0 unspecified atom stereocenters. The maximum Gasteiger partial charge on any atom is 0.313 e. The molecule has 1 N–H and O–H groups in total. The second-order valence-corrected chi connectivity index (χ2v) is 4.56. The van der Waals surface area contributed by atoms with Gasteiger partial charge in [0, 0.05) is 6.42 Å². The first-order valence-electron chi connectivity index (χ1n) is 5.86. The van der Waals surface area contributed by atoms with Crippen molar-refractivity contribution in [3.63, 3.8) is 0 Å². The molecule has 0 saturated carbocycles. The fourth-order valence-electron chi connectivity index (χ4n) is 1.35. The molecule has 0 aliphatic carbocycles. The van der Waals surface area contributed by atoms with Gasteiger partial charge in [-0.15, -0.1) is 0 Å². The topological polar surface area (TPSA) is 38.3 Å². The van der Waals surface area contributed by atoms with Crippen molar-refractivity contribution in [2.75, 3.05) is 13.1 Å². The Morgan fingerprint density at radius 1 is 1.41 bits per heavy atom. The van der Waals surface area contributed by atoms with E-state index in [0.717, 1.165) is 32.4 Å². The quantitative estimate of drug-likeness (QED) is 0.488. The molecule has 5 heteroatoms. The molecule has 1 rings (SSSR count). The van der Waals surface area contributed by atoms with E-state index >= 15 is 0 Å². The van der Waals surface area contributed by atoms with E-state index in [1.165, 1.54) is 12.8 Å². The third kappa shape index (κ3) is 13.5. The molecule has 0 aromatic rings. The van der Waals surface area contributed by atoms with E-state index in [-0.39, 0.29) is 0 Å². The lowest BCUT2D eigenvalue weighted by molar-refractivity contribution is 0.131. The SMILES string of the molecule is CCCCC#COC1CCNCC1.O=C(Cl)Cl. The fraction of sp³-hybridized carbons (Fsp3) is 0.750. The Morgan fingerprint density at radius 2 is 2.00 bits per heavy atom. The Hall–Kier alpha value is -0.430. The van der Waals surface area contributed by atoms with Crippen LogP contribution in [0.2, 0.25) is 0 Å². The molecular weight excluding hydrogens is 261 g/mol. The molecule has 1 saturated heterocycles. The summed E-state index contributed by atoms with van der Waals surface area (Å²) in [5.41, 5.74) is 0. The summed E-state index contributed by atoms with van der Waals surface area (Å²) in [4.78, 5) is 8.98. The molecule has 0 radical (unpaired) electrons. The van der Waals surface area contributed by atoms with E-state index in [2.05, 4.69) is 47.5 Å². The zero-order valence-corrected chi connectivity index (χ0v) is 11.6.